The fourth-order valence-corrected chi connectivity index (χ4v) is 5.03. The van der Waals surface area contributed by atoms with E-state index in [9.17, 15) is 18.0 Å². The summed E-state index contributed by atoms with van der Waals surface area (Å²) in [7, 11) is -3.64. The van der Waals surface area contributed by atoms with Gasteiger partial charge in [-0.05, 0) is 31.2 Å². The van der Waals surface area contributed by atoms with Crippen LogP contribution < -0.4 is 0 Å². The van der Waals surface area contributed by atoms with Gasteiger partial charge in [-0.1, -0.05) is 30.0 Å². The van der Waals surface area contributed by atoms with Gasteiger partial charge < -0.3 is 4.90 Å². The molecule has 2 heterocycles. The lowest BCUT2D eigenvalue weighted by Gasteiger charge is -2.34. The van der Waals surface area contributed by atoms with Crippen LogP contribution in [0.25, 0.3) is 0 Å². The molecule has 1 aliphatic heterocycles. The van der Waals surface area contributed by atoms with Gasteiger partial charge in [-0.2, -0.15) is 4.31 Å². The molecule has 0 bridgehead atoms. The van der Waals surface area contributed by atoms with Crippen molar-refractivity contribution >= 4 is 33.5 Å². The molecule has 1 aromatic heterocycles. The van der Waals surface area contributed by atoms with Crippen LogP contribution in [-0.2, 0) is 14.8 Å². The maximum absolute atomic E-state index is 12.8. The lowest BCUT2D eigenvalue weighted by molar-refractivity contribution is -0.129. The molecule has 0 radical (unpaired) electrons. The Kier molecular flexibility index (Phi) is 6.48. The first-order chi connectivity index (χ1) is 13.4. The summed E-state index contributed by atoms with van der Waals surface area (Å²) in [4.78, 5) is 29.7. The van der Waals surface area contributed by atoms with Crippen LogP contribution in [0, 0.1) is 0 Å². The third-order valence-electron chi connectivity index (χ3n) is 4.47. The minimum absolute atomic E-state index is 0.0292. The lowest BCUT2D eigenvalue weighted by Crippen LogP contribution is -2.50. The molecular weight excluding hydrogens is 398 g/mol. The third-order valence-corrected chi connectivity index (χ3v) is 7.31. The van der Waals surface area contributed by atoms with Crippen molar-refractivity contribution in [3.63, 3.8) is 0 Å². The van der Waals surface area contributed by atoms with E-state index in [4.69, 9.17) is 0 Å². The molecule has 1 aromatic carbocycles. The molecule has 1 saturated heterocycles. The smallest absolute Gasteiger partial charge is 0.243 e. The summed E-state index contributed by atoms with van der Waals surface area (Å²) in [6.45, 7) is 2.64. The summed E-state index contributed by atoms with van der Waals surface area (Å²) in [5.41, 5.74) is 0.472. The number of hydrogen-bond acceptors (Lipinski definition) is 6. The maximum Gasteiger partial charge on any atom is 0.243 e. The van der Waals surface area contributed by atoms with Gasteiger partial charge in [-0.25, -0.2) is 13.4 Å². The predicted molar refractivity (Wildman–Crippen MR) is 107 cm³/mol. The minimum Gasteiger partial charge on any atom is -0.339 e. The highest BCUT2D eigenvalue weighted by Crippen LogP contribution is 2.20. The van der Waals surface area contributed by atoms with Crippen molar-refractivity contribution < 1.29 is 18.0 Å². The molecule has 0 aliphatic carbocycles. The summed E-state index contributed by atoms with van der Waals surface area (Å²) in [6.07, 6.45) is 1.68. The van der Waals surface area contributed by atoms with E-state index < -0.39 is 10.0 Å². The molecule has 0 unspecified atom stereocenters. The van der Waals surface area contributed by atoms with Crippen LogP contribution in [0.2, 0.25) is 0 Å². The van der Waals surface area contributed by atoms with Crippen molar-refractivity contribution in [1.29, 1.82) is 0 Å². The first-order valence-electron chi connectivity index (χ1n) is 8.80. The number of thioether (sulfide) groups is 1. The minimum atomic E-state index is -3.64. The summed E-state index contributed by atoms with van der Waals surface area (Å²) >= 11 is 1.37. The molecule has 0 N–H and O–H groups in total. The zero-order valence-electron chi connectivity index (χ0n) is 15.4. The molecule has 7 nitrogen and oxygen atoms in total. The maximum atomic E-state index is 12.8. The van der Waals surface area contributed by atoms with Gasteiger partial charge in [0.15, 0.2) is 5.78 Å². The zero-order chi connectivity index (χ0) is 20.1. The summed E-state index contributed by atoms with van der Waals surface area (Å²) in [5.74, 6) is 0.133. The van der Waals surface area contributed by atoms with Gasteiger partial charge in [0.05, 0.1) is 15.7 Å². The zero-order valence-corrected chi connectivity index (χ0v) is 17.1. The van der Waals surface area contributed by atoms with Crippen LogP contribution in [0.1, 0.15) is 17.3 Å². The molecule has 1 aliphatic rings. The Labute approximate surface area is 168 Å². The molecule has 1 amide bonds. The number of amides is 1. The summed E-state index contributed by atoms with van der Waals surface area (Å²) < 4.78 is 26.9. The molecular formula is C19H21N3O4S2. The quantitative estimate of drug-likeness (QED) is 0.525. The fraction of sp³-hybridized carbons (Fsp3) is 0.316. The molecule has 0 atom stereocenters. The van der Waals surface area contributed by atoms with Gasteiger partial charge in [0, 0.05) is 37.9 Å². The average Bonchev–Trinajstić information content (AvgIpc) is 2.73. The van der Waals surface area contributed by atoms with Gasteiger partial charge in [0.2, 0.25) is 15.9 Å². The first-order valence-corrected chi connectivity index (χ1v) is 11.2. The Bertz CT molecular complexity index is 939. The van der Waals surface area contributed by atoms with E-state index in [2.05, 4.69) is 4.98 Å². The van der Waals surface area contributed by atoms with E-state index >= 15 is 0 Å². The monoisotopic (exact) mass is 419 g/mol. The van der Waals surface area contributed by atoms with Crippen molar-refractivity contribution in [2.75, 3.05) is 31.9 Å². The van der Waals surface area contributed by atoms with Gasteiger partial charge >= 0.3 is 0 Å². The second-order valence-electron chi connectivity index (χ2n) is 6.32. The number of ketones is 1. The van der Waals surface area contributed by atoms with Crippen LogP contribution in [0.15, 0.2) is 58.6 Å². The third kappa shape index (κ3) is 4.78. The topological polar surface area (TPSA) is 87.7 Å². The van der Waals surface area contributed by atoms with Gasteiger partial charge in [0.1, 0.15) is 0 Å². The molecule has 28 heavy (non-hydrogen) atoms. The number of benzene rings is 1. The van der Waals surface area contributed by atoms with Crippen LogP contribution in [0.4, 0.5) is 0 Å². The molecule has 1 fully saturated rings. The molecule has 0 spiro atoms. The highest BCUT2D eigenvalue weighted by atomic mass is 32.2. The van der Waals surface area contributed by atoms with E-state index in [1.807, 2.05) is 18.2 Å². The van der Waals surface area contributed by atoms with Crippen LogP contribution in [0.5, 0.6) is 0 Å². The van der Waals surface area contributed by atoms with Crippen molar-refractivity contribution in [2.24, 2.45) is 0 Å². The average molecular weight is 420 g/mol. The Morgan fingerprint density at radius 3 is 2.29 bits per heavy atom. The van der Waals surface area contributed by atoms with E-state index in [0.29, 0.717) is 18.7 Å². The Morgan fingerprint density at radius 1 is 1.04 bits per heavy atom. The number of sulfonamides is 1. The van der Waals surface area contributed by atoms with Crippen LogP contribution in [0.3, 0.4) is 0 Å². The van der Waals surface area contributed by atoms with Crippen molar-refractivity contribution in [3.05, 3.63) is 54.2 Å². The van der Waals surface area contributed by atoms with Crippen LogP contribution >= 0.6 is 11.8 Å². The number of aromatic nitrogens is 1. The molecule has 3 rings (SSSR count). The second kappa shape index (κ2) is 8.85. The standard InChI is InChI=1S/C19H21N3O4S2/c1-15(23)16-5-7-17(8-6-16)28(25,26)22-12-10-21(11-13-22)19(24)14-27-18-4-2-3-9-20-18/h2-9H,10-14H2,1H3. The van der Waals surface area contributed by atoms with E-state index in [1.165, 1.54) is 47.3 Å². The Balaban J connectivity index is 1.56. The number of rotatable bonds is 6. The van der Waals surface area contributed by atoms with E-state index in [0.717, 1.165) is 5.03 Å². The number of hydrogen-bond donors (Lipinski definition) is 0. The highest BCUT2D eigenvalue weighted by molar-refractivity contribution is 7.99. The van der Waals surface area contributed by atoms with Gasteiger partial charge in [0.25, 0.3) is 0 Å². The molecule has 148 valence electrons. The predicted octanol–water partition coefficient (Wildman–Crippen LogP) is 1.91. The number of carbonyl (C=O) groups excluding carboxylic acids is 2. The molecule has 0 saturated carbocycles. The number of Topliss-reactive ketones (excluding diaryl/α,β-unsaturated/α-hetero) is 1. The van der Waals surface area contributed by atoms with Crippen molar-refractivity contribution in [3.8, 4) is 0 Å². The van der Waals surface area contributed by atoms with Gasteiger partial charge in [-0.3, -0.25) is 9.59 Å². The second-order valence-corrected chi connectivity index (χ2v) is 9.26. The van der Waals surface area contributed by atoms with Crippen LogP contribution in [-0.4, -0.2) is 66.2 Å². The number of nitrogens with zero attached hydrogens (tertiary/aromatic N) is 3. The normalized spacial score (nSPS) is 15.4. The highest BCUT2D eigenvalue weighted by Gasteiger charge is 2.30. The number of piperazine rings is 1. The van der Waals surface area contributed by atoms with Crippen molar-refractivity contribution in [1.82, 2.24) is 14.2 Å². The van der Waals surface area contributed by atoms with E-state index in [-0.39, 0.29) is 35.4 Å². The van der Waals surface area contributed by atoms with Gasteiger partial charge in [-0.15, -0.1) is 0 Å². The molecule has 2 aromatic rings. The SMILES string of the molecule is CC(=O)c1ccc(S(=O)(=O)N2CCN(C(=O)CSc3ccccn3)CC2)cc1. The Hall–Kier alpha value is -2.23. The van der Waals surface area contributed by atoms with E-state index in [1.54, 1.807) is 11.1 Å². The molecule has 9 heteroatoms. The largest absolute Gasteiger partial charge is 0.339 e. The lowest BCUT2D eigenvalue weighted by atomic mass is 10.2. The summed E-state index contributed by atoms with van der Waals surface area (Å²) in [6, 6.07) is 11.5. The van der Waals surface area contributed by atoms with Crippen molar-refractivity contribution in [2.45, 2.75) is 16.8 Å². The number of carbonyl (C=O) groups is 2. The fourth-order valence-electron chi connectivity index (χ4n) is 2.85. The number of pyridine rings is 1. The first kappa shape index (κ1) is 20.5. The summed E-state index contributed by atoms with van der Waals surface area (Å²) in [5, 5.41) is 0.783. The Morgan fingerprint density at radius 2 is 1.71 bits per heavy atom.